The van der Waals surface area contributed by atoms with Crippen molar-refractivity contribution in [3.8, 4) is 0 Å². The summed E-state index contributed by atoms with van der Waals surface area (Å²) in [5.41, 5.74) is 0.891. The maximum Gasteiger partial charge on any atom is 0.251 e. The summed E-state index contributed by atoms with van der Waals surface area (Å²) in [4.78, 5) is 11.5. The molecule has 0 radical (unpaired) electrons. The molecule has 0 aliphatic carbocycles. The van der Waals surface area contributed by atoms with E-state index in [-0.39, 0.29) is 5.91 Å². The van der Waals surface area contributed by atoms with Crippen LogP contribution < -0.4 is 10.0 Å². The van der Waals surface area contributed by atoms with Crippen molar-refractivity contribution >= 4 is 22.5 Å². The lowest BCUT2D eigenvalue weighted by atomic mass is 10.2. The first kappa shape index (κ1) is 13.5. The predicted molar refractivity (Wildman–Crippen MR) is 64.6 cm³/mol. The Morgan fingerprint density at radius 1 is 1.29 bits per heavy atom. The molecule has 0 aliphatic rings. The molecule has 0 saturated carbocycles. The average Bonchev–Trinajstić information content (AvgIpc) is 2.29. The van der Waals surface area contributed by atoms with Crippen molar-refractivity contribution in [2.45, 2.75) is 0 Å². The van der Waals surface area contributed by atoms with Gasteiger partial charge in [-0.05, 0) is 24.3 Å². The molecule has 2 N–H and O–H groups in total. The lowest BCUT2D eigenvalue weighted by Gasteiger charge is -2.05. The molecular formula is C10H14N2O4S. The van der Waals surface area contributed by atoms with Gasteiger partial charge < -0.3 is 10.1 Å². The maximum atomic E-state index is 11.5. The van der Waals surface area contributed by atoms with Gasteiger partial charge in [0.2, 0.25) is 10.9 Å². The van der Waals surface area contributed by atoms with Crippen LogP contribution in [0.4, 0.5) is 5.69 Å². The maximum absolute atomic E-state index is 11.5. The Balaban J connectivity index is 2.57. The number of hydrogen-bond acceptors (Lipinski definition) is 4. The molecular weight excluding hydrogens is 244 g/mol. The first-order valence-electron chi connectivity index (χ1n) is 4.91. The van der Waals surface area contributed by atoms with Crippen LogP contribution in [0.15, 0.2) is 24.3 Å². The van der Waals surface area contributed by atoms with Gasteiger partial charge in [-0.2, -0.15) is 0 Å². The highest BCUT2D eigenvalue weighted by Crippen LogP contribution is 2.09. The number of nitrogens with one attached hydrogen (secondary N) is 2. The van der Waals surface area contributed by atoms with Crippen molar-refractivity contribution in [1.82, 2.24) is 5.32 Å². The fourth-order valence-corrected chi connectivity index (χ4v) is 1.53. The molecule has 0 bridgehead atoms. The lowest BCUT2D eigenvalue weighted by molar-refractivity contribution is 0.0937. The largest absolute Gasteiger partial charge is 0.383 e. The second kappa shape index (κ2) is 6.87. The molecule has 94 valence electrons. The first-order valence-corrected chi connectivity index (χ1v) is 6.09. The van der Waals surface area contributed by atoms with Crippen molar-refractivity contribution in [2.24, 2.45) is 0 Å². The van der Waals surface area contributed by atoms with Crippen molar-refractivity contribution in [3.63, 3.8) is 0 Å². The average molecular weight is 258 g/mol. The summed E-state index contributed by atoms with van der Waals surface area (Å²) in [6.45, 7) is 0.879. The molecule has 0 spiro atoms. The number of rotatable bonds is 6. The monoisotopic (exact) mass is 258 g/mol. The summed E-state index contributed by atoms with van der Waals surface area (Å²) in [6, 6.07) is 6.14. The van der Waals surface area contributed by atoms with E-state index in [0.29, 0.717) is 24.4 Å². The van der Waals surface area contributed by atoms with E-state index in [1.807, 2.05) is 0 Å². The molecule has 17 heavy (non-hydrogen) atoms. The smallest absolute Gasteiger partial charge is 0.251 e. The Bertz CT molecular complexity index is 434. The van der Waals surface area contributed by atoms with Gasteiger partial charge in [0, 0.05) is 24.9 Å². The Morgan fingerprint density at radius 3 is 2.47 bits per heavy atom. The van der Waals surface area contributed by atoms with Gasteiger partial charge in [-0.3, -0.25) is 9.52 Å². The number of ether oxygens (including phenoxy) is 1. The van der Waals surface area contributed by atoms with E-state index < -0.39 is 10.9 Å². The Kier molecular flexibility index (Phi) is 5.44. The molecule has 0 saturated heterocycles. The number of carbonyl (C=O) groups is 1. The zero-order chi connectivity index (χ0) is 12.7. The molecule has 0 heterocycles. The number of thiol groups is 1. The summed E-state index contributed by atoms with van der Waals surface area (Å²) < 4.78 is 27.8. The lowest BCUT2D eigenvalue weighted by Crippen LogP contribution is -2.26. The van der Waals surface area contributed by atoms with E-state index in [1.165, 1.54) is 12.1 Å². The van der Waals surface area contributed by atoms with E-state index >= 15 is 0 Å². The number of methoxy groups -OCH3 is 1. The van der Waals surface area contributed by atoms with Gasteiger partial charge >= 0.3 is 0 Å². The summed E-state index contributed by atoms with van der Waals surface area (Å²) in [5, 5.41) is 2.66. The molecule has 0 unspecified atom stereocenters. The van der Waals surface area contributed by atoms with E-state index in [1.54, 1.807) is 19.2 Å². The Labute approximate surface area is 101 Å². The Morgan fingerprint density at radius 2 is 1.94 bits per heavy atom. The number of hydrogen-bond donors (Lipinski definition) is 3. The number of anilines is 1. The van der Waals surface area contributed by atoms with Crippen LogP contribution in [0.1, 0.15) is 10.4 Å². The summed E-state index contributed by atoms with van der Waals surface area (Å²) in [6.07, 6.45) is 0. The molecule has 0 fully saturated rings. The molecule has 1 aromatic carbocycles. The molecule has 7 heteroatoms. The van der Waals surface area contributed by atoms with Crippen LogP contribution in [0, 0.1) is 0 Å². The van der Waals surface area contributed by atoms with E-state index in [4.69, 9.17) is 4.74 Å². The summed E-state index contributed by atoms with van der Waals surface area (Å²) in [7, 11) is -1.13. The van der Waals surface area contributed by atoms with Crippen LogP contribution in [0.3, 0.4) is 0 Å². The second-order valence-corrected chi connectivity index (χ2v) is 3.93. The van der Waals surface area contributed by atoms with Crippen molar-refractivity contribution < 1.29 is 17.9 Å². The number of carbonyl (C=O) groups excluding carboxylic acids is 1. The standard InChI is InChI=1S/C10H14N2O4S/c1-16-7-6-11-10(13)8-2-4-9(5-3-8)12-17(14)15/h2-5,17H,6-7H2,1H3,(H,11,13)(H,12,14,15). The van der Waals surface area contributed by atoms with Gasteiger partial charge in [-0.1, -0.05) is 0 Å². The molecule has 6 nitrogen and oxygen atoms in total. The van der Waals surface area contributed by atoms with Gasteiger partial charge in [0.05, 0.1) is 6.61 Å². The van der Waals surface area contributed by atoms with Gasteiger partial charge in [0.1, 0.15) is 0 Å². The zero-order valence-corrected chi connectivity index (χ0v) is 10.2. The summed E-state index contributed by atoms with van der Waals surface area (Å²) >= 11 is 0. The molecule has 0 aromatic heterocycles. The molecule has 0 aliphatic heterocycles. The highest BCUT2D eigenvalue weighted by molar-refractivity contribution is 7.73. The summed E-state index contributed by atoms with van der Waals surface area (Å²) in [5.74, 6) is -0.222. The van der Waals surface area contributed by atoms with Crippen LogP contribution in [0.5, 0.6) is 0 Å². The minimum atomic E-state index is -2.68. The fraction of sp³-hybridized carbons (Fsp3) is 0.300. The van der Waals surface area contributed by atoms with Crippen LogP contribution in [-0.4, -0.2) is 34.6 Å². The van der Waals surface area contributed by atoms with Gasteiger partial charge in [-0.15, -0.1) is 0 Å². The minimum absolute atomic E-state index is 0.222. The van der Waals surface area contributed by atoms with Gasteiger partial charge in [0.15, 0.2) is 0 Å². The Hall–Kier alpha value is -1.60. The third kappa shape index (κ3) is 4.83. The van der Waals surface area contributed by atoms with Crippen LogP contribution in [0.25, 0.3) is 0 Å². The SMILES string of the molecule is COCCNC(=O)c1ccc(N[SH](=O)=O)cc1. The highest BCUT2D eigenvalue weighted by Gasteiger charge is 2.04. The third-order valence-electron chi connectivity index (χ3n) is 1.96. The van der Waals surface area contributed by atoms with Crippen LogP contribution >= 0.6 is 0 Å². The second-order valence-electron chi connectivity index (χ2n) is 3.19. The van der Waals surface area contributed by atoms with E-state index in [0.717, 1.165) is 0 Å². The zero-order valence-electron chi connectivity index (χ0n) is 9.30. The fourth-order valence-electron chi connectivity index (χ4n) is 1.17. The van der Waals surface area contributed by atoms with Crippen molar-refractivity contribution in [1.29, 1.82) is 0 Å². The van der Waals surface area contributed by atoms with Crippen molar-refractivity contribution in [2.75, 3.05) is 25.0 Å². The highest BCUT2D eigenvalue weighted by atomic mass is 32.2. The van der Waals surface area contributed by atoms with Gasteiger partial charge in [0.25, 0.3) is 5.91 Å². The quantitative estimate of drug-likeness (QED) is 0.495. The normalized spacial score (nSPS) is 10.2. The first-order chi connectivity index (χ1) is 8.13. The van der Waals surface area contributed by atoms with E-state index in [2.05, 4.69) is 10.0 Å². The molecule has 1 aromatic rings. The molecule has 1 rings (SSSR count). The van der Waals surface area contributed by atoms with Crippen LogP contribution in [-0.2, 0) is 15.6 Å². The molecule has 1 amide bonds. The molecule has 0 atom stereocenters. The van der Waals surface area contributed by atoms with Crippen molar-refractivity contribution in [3.05, 3.63) is 29.8 Å². The van der Waals surface area contributed by atoms with Gasteiger partial charge in [-0.25, -0.2) is 8.42 Å². The predicted octanol–water partition coefficient (Wildman–Crippen LogP) is 0.00110. The number of amides is 1. The number of benzene rings is 1. The third-order valence-corrected chi connectivity index (χ3v) is 2.40. The van der Waals surface area contributed by atoms with Crippen LogP contribution in [0.2, 0.25) is 0 Å². The topological polar surface area (TPSA) is 84.5 Å². The minimum Gasteiger partial charge on any atom is -0.383 e. The van der Waals surface area contributed by atoms with E-state index in [9.17, 15) is 13.2 Å².